The SMILES string of the molecule is CCOC(=O)c1[nH]c(C)c(C(O)=C2C(=O)C(=O)N(CCCn3ccnc3)[C@@H]2c2ccc(OC)c(OC)c2)c1C. The van der Waals surface area contributed by atoms with Crippen LogP contribution in [0, 0.1) is 13.8 Å². The maximum Gasteiger partial charge on any atom is 0.355 e. The molecule has 1 amide bonds. The Kier molecular flexibility index (Phi) is 8.08. The summed E-state index contributed by atoms with van der Waals surface area (Å²) in [4.78, 5) is 47.7. The molecule has 1 fully saturated rings. The number of H-pyrrole nitrogens is 1. The monoisotopic (exact) mass is 536 g/mol. The molecule has 0 saturated carbocycles. The number of ketones is 1. The fraction of sp³-hybridized carbons (Fsp3) is 0.357. The van der Waals surface area contributed by atoms with Crippen molar-refractivity contribution in [1.82, 2.24) is 19.4 Å². The van der Waals surface area contributed by atoms with Crippen LogP contribution in [0.2, 0.25) is 0 Å². The molecule has 39 heavy (non-hydrogen) atoms. The quantitative estimate of drug-likeness (QED) is 0.174. The molecule has 2 aromatic heterocycles. The number of Topliss-reactive ketones (excluding diaryl/α,β-unsaturated/α-hetero) is 1. The lowest BCUT2D eigenvalue weighted by atomic mass is 9.93. The first-order valence-electron chi connectivity index (χ1n) is 12.6. The minimum atomic E-state index is -0.896. The zero-order chi connectivity index (χ0) is 28.3. The van der Waals surface area contributed by atoms with Crippen LogP contribution >= 0.6 is 0 Å². The van der Waals surface area contributed by atoms with Crippen molar-refractivity contribution >= 4 is 23.4 Å². The number of aliphatic hydroxyl groups excluding tert-OH is 1. The van der Waals surface area contributed by atoms with Gasteiger partial charge in [0.15, 0.2) is 11.5 Å². The van der Waals surface area contributed by atoms with Crippen LogP contribution in [0.15, 0.2) is 42.5 Å². The Balaban J connectivity index is 1.83. The van der Waals surface area contributed by atoms with E-state index in [0.717, 1.165) is 0 Å². The van der Waals surface area contributed by atoms with Gasteiger partial charge < -0.3 is 33.8 Å². The third-order valence-corrected chi connectivity index (χ3v) is 6.79. The molecular formula is C28H32N4O7. The second-order valence-electron chi connectivity index (χ2n) is 9.11. The Labute approximate surface area is 226 Å². The lowest BCUT2D eigenvalue weighted by molar-refractivity contribution is -0.139. The van der Waals surface area contributed by atoms with Crippen LogP contribution in [-0.4, -0.2) is 69.6 Å². The fourth-order valence-electron chi connectivity index (χ4n) is 4.97. The van der Waals surface area contributed by atoms with Gasteiger partial charge in [0, 0.05) is 36.7 Å². The van der Waals surface area contributed by atoms with Crippen molar-refractivity contribution in [3.8, 4) is 11.5 Å². The van der Waals surface area contributed by atoms with Crippen LogP contribution in [0.25, 0.3) is 5.76 Å². The van der Waals surface area contributed by atoms with Gasteiger partial charge in [-0.05, 0) is 50.5 Å². The molecule has 1 atom stereocenters. The molecule has 0 radical (unpaired) electrons. The van der Waals surface area contributed by atoms with Gasteiger partial charge in [-0.1, -0.05) is 6.07 Å². The number of rotatable bonds is 10. The number of esters is 1. The number of ether oxygens (including phenoxy) is 3. The number of hydrogen-bond donors (Lipinski definition) is 2. The van der Waals surface area contributed by atoms with Crippen LogP contribution in [0.1, 0.15) is 52.3 Å². The largest absolute Gasteiger partial charge is 0.507 e. The van der Waals surface area contributed by atoms with E-state index in [1.54, 1.807) is 51.5 Å². The summed E-state index contributed by atoms with van der Waals surface area (Å²) in [6, 6.07) is 4.21. The van der Waals surface area contributed by atoms with E-state index in [1.807, 2.05) is 10.8 Å². The van der Waals surface area contributed by atoms with Crippen LogP contribution in [0.3, 0.4) is 0 Å². The maximum absolute atomic E-state index is 13.5. The average molecular weight is 537 g/mol. The van der Waals surface area contributed by atoms with E-state index in [4.69, 9.17) is 14.2 Å². The van der Waals surface area contributed by atoms with E-state index in [1.165, 1.54) is 19.1 Å². The minimum absolute atomic E-state index is 0.0736. The molecule has 206 valence electrons. The highest BCUT2D eigenvalue weighted by atomic mass is 16.5. The molecule has 1 aliphatic rings. The molecule has 0 spiro atoms. The van der Waals surface area contributed by atoms with Crippen LogP contribution in [0.5, 0.6) is 11.5 Å². The normalized spacial score (nSPS) is 16.5. The lowest BCUT2D eigenvalue weighted by Crippen LogP contribution is -2.31. The van der Waals surface area contributed by atoms with Gasteiger partial charge in [0.25, 0.3) is 11.7 Å². The zero-order valence-electron chi connectivity index (χ0n) is 22.6. The van der Waals surface area contributed by atoms with Crippen molar-refractivity contribution in [2.75, 3.05) is 27.4 Å². The highest BCUT2D eigenvalue weighted by molar-refractivity contribution is 6.46. The topological polar surface area (TPSA) is 136 Å². The predicted molar refractivity (Wildman–Crippen MR) is 142 cm³/mol. The van der Waals surface area contributed by atoms with E-state index in [0.29, 0.717) is 41.3 Å². The van der Waals surface area contributed by atoms with Crippen molar-refractivity contribution in [2.24, 2.45) is 0 Å². The molecule has 0 unspecified atom stereocenters. The number of benzene rings is 1. The maximum atomic E-state index is 13.5. The van der Waals surface area contributed by atoms with Gasteiger partial charge in [-0.15, -0.1) is 0 Å². The number of nitrogens with zero attached hydrogens (tertiary/aromatic N) is 3. The van der Waals surface area contributed by atoms with E-state index in [2.05, 4.69) is 9.97 Å². The van der Waals surface area contributed by atoms with Gasteiger partial charge in [0.05, 0.1) is 38.8 Å². The molecule has 0 bridgehead atoms. The molecule has 2 N–H and O–H groups in total. The number of hydrogen-bond acceptors (Lipinski definition) is 8. The van der Waals surface area contributed by atoms with Crippen LogP contribution in [-0.2, 0) is 20.9 Å². The fourth-order valence-corrected chi connectivity index (χ4v) is 4.97. The van der Waals surface area contributed by atoms with Crippen LogP contribution < -0.4 is 9.47 Å². The first-order chi connectivity index (χ1) is 18.7. The zero-order valence-corrected chi connectivity index (χ0v) is 22.6. The second-order valence-corrected chi connectivity index (χ2v) is 9.11. The number of imidazole rings is 1. The molecular weight excluding hydrogens is 504 g/mol. The first kappa shape index (κ1) is 27.5. The summed E-state index contributed by atoms with van der Waals surface area (Å²) in [5.41, 5.74) is 1.82. The van der Waals surface area contributed by atoms with Gasteiger partial charge in [0.1, 0.15) is 11.5 Å². The summed E-state index contributed by atoms with van der Waals surface area (Å²) >= 11 is 0. The smallest absolute Gasteiger partial charge is 0.355 e. The van der Waals surface area contributed by atoms with E-state index < -0.39 is 23.7 Å². The summed E-state index contributed by atoms with van der Waals surface area (Å²) in [6.45, 7) is 6.04. The number of amides is 1. The molecule has 1 aliphatic heterocycles. The predicted octanol–water partition coefficient (Wildman–Crippen LogP) is 3.53. The summed E-state index contributed by atoms with van der Waals surface area (Å²) in [7, 11) is 3.01. The molecule has 11 nitrogen and oxygen atoms in total. The number of nitrogens with one attached hydrogen (secondary N) is 1. The van der Waals surface area contributed by atoms with Gasteiger partial charge in [-0.2, -0.15) is 0 Å². The molecule has 3 aromatic rings. The van der Waals surface area contributed by atoms with Gasteiger partial charge >= 0.3 is 5.97 Å². The molecule has 1 saturated heterocycles. The van der Waals surface area contributed by atoms with E-state index >= 15 is 0 Å². The number of carbonyl (C=O) groups is 3. The molecule has 0 aliphatic carbocycles. The van der Waals surface area contributed by atoms with Crippen molar-refractivity contribution in [2.45, 2.75) is 39.8 Å². The molecule has 1 aromatic carbocycles. The Hall–Kier alpha value is -4.54. The number of methoxy groups -OCH3 is 2. The van der Waals surface area contributed by atoms with Crippen molar-refractivity contribution in [3.05, 3.63) is 70.6 Å². The number of likely N-dealkylation sites (tertiary alicyclic amines) is 1. The molecule has 11 heteroatoms. The minimum Gasteiger partial charge on any atom is -0.507 e. The van der Waals surface area contributed by atoms with Crippen molar-refractivity contribution in [1.29, 1.82) is 0 Å². The van der Waals surface area contributed by atoms with E-state index in [9.17, 15) is 19.5 Å². The Morgan fingerprint density at radius 1 is 1.13 bits per heavy atom. The summed E-state index contributed by atoms with van der Waals surface area (Å²) in [6.07, 6.45) is 5.71. The number of aromatic nitrogens is 3. The molecule has 4 rings (SSSR count). The number of aliphatic hydroxyl groups is 1. The highest BCUT2D eigenvalue weighted by Crippen LogP contribution is 2.43. The molecule has 3 heterocycles. The average Bonchev–Trinajstić information content (AvgIpc) is 3.61. The van der Waals surface area contributed by atoms with Gasteiger partial charge in [-0.25, -0.2) is 9.78 Å². The summed E-state index contributed by atoms with van der Waals surface area (Å²) in [5.74, 6) is -1.58. The third-order valence-electron chi connectivity index (χ3n) is 6.79. The van der Waals surface area contributed by atoms with Crippen LogP contribution in [0.4, 0.5) is 0 Å². The number of carbonyl (C=O) groups excluding carboxylic acids is 3. The van der Waals surface area contributed by atoms with Crippen molar-refractivity contribution < 1.29 is 33.7 Å². The third kappa shape index (κ3) is 5.12. The van der Waals surface area contributed by atoms with Gasteiger partial charge in [-0.3, -0.25) is 9.59 Å². The van der Waals surface area contributed by atoms with E-state index in [-0.39, 0.29) is 35.7 Å². The standard InChI is InChI=1S/C28H32N4O7/c1-6-39-28(36)23-16(2)21(17(3)30-23)25(33)22-24(18-8-9-19(37-4)20(14-18)38-5)32(27(35)26(22)34)12-7-11-31-13-10-29-15-31/h8-10,13-15,24,30,33H,6-7,11-12H2,1-5H3/t24-/m1/s1. The second kappa shape index (κ2) is 11.5. The summed E-state index contributed by atoms with van der Waals surface area (Å²) < 4.78 is 17.8. The Morgan fingerprint density at radius 3 is 2.51 bits per heavy atom. The number of aromatic amines is 1. The lowest BCUT2D eigenvalue weighted by Gasteiger charge is -2.26. The Bertz CT molecular complexity index is 1420. The van der Waals surface area contributed by atoms with Gasteiger partial charge in [0.2, 0.25) is 0 Å². The summed E-state index contributed by atoms with van der Waals surface area (Å²) in [5, 5.41) is 11.6. The first-order valence-corrected chi connectivity index (χ1v) is 12.6. The Morgan fingerprint density at radius 2 is 1.87 bits per heavy atom. The number of aryl methyl sites for hydroxylation is 2. The van der Waals surface area contributed by atoms with Crippen molar-refractivity contribution in [3.63, 3.8) is 0 Å². The highest BCUT2D eigenvalue weighted by Gasteiger charge is 2.46.